The van der Waals surface area contributed by atoms with Crippen LogP contribution < -0.4 is 41.0 Å². The first-order valence-electron chi connectivity index (χ1n) is 9.17. The number of nitrogens with two attached hydrogens (primary N) is 2. The predicted octanol–water partition coefficient (Wildman–Crippen LogP) is -2.74. The summed E-state index contributed by atoms with van der Waals surface area (Å²) in [6.07, 6.45) is -0.0239. The molecule has 164 valence electrons. The Morgan fingerprint density at radius 1 is 1.17 bits per heavy atom. The van der Waals surface area contributed by atoms with Crippen molar-refractivity contribution in [2.45, 2.75) is 57.2 Å². The maximum absolute atomic E-state index is 12.8. The summed E-state index contributed by atoms with van der Waals surface area (Å²) in [5, 5.41) is 10.9. The third-order valence-corrected chi connectivity index (χ3v) is 6.04. The van der Waals surface area contributed by atoms with Gasteiger partial charge in [0.05, 0.1) is 6.04 Å². The Labute approximate surface area is 199 Å². The molecule has 11 heteroatoms. The standard InChI is InChI=1S/C19H30N2O7S.Na/c1-12(2)10-15(20)16(22)19(24,29(25,26)27)18(21,13(3)4)17(23)28-11-14-8-6-5-7-9-14;/h5-9,12-13,15,24H,10-11,20-21H2,1-4H3,(H,25,26,27);/q;+1/p-1/t15-,18?,19?;/m0./s1. The molecule has 0 aromatic heterocycles. The number of ether oxygens (including phenoxy) is 1. The molecule has 0 aliphatic carbocycles. The van der Waals surface area contributed by atoms with Crippen LogP contribution in [-0.2, 0) is 31.1 Å². The van der Waals surface area contributed by atoms with Crippen LogP contribution in [0.15, 0.2) is 30.3 Å². The molecule has 0 saturated heterocycles. The fraction of sp³-hybridized carbons (Fsp3) is 0.579. The van der Waals surface area contributed by atoms with Crippen molar-refractivity contribution in [2.75, 3.05) is 0 Å². The Morgan fingerprint density at radius 2 is 1.67 bits per heavy atom. The van der Waals surface area contributed by atoms with Crippen molar-refractivity contribution in [3.8, 4) is 0 Å². The SMILES string of the molecule is CC(C)C[C@H](N)C(=O)C(O)(C(N)(C(=O)OCc1ccccc1)C(C)C)S(=O)(=O)[O-].[Na+]. The minimum atomic E-state index is -5.82. The molecule has 0 heterocycles. The van der Waals surface area contributed by atoms with E-state index in [-0.39, 0.29) is 48.5 Å². The van der Waals surface area contributed by atoms with Crippen LogP contribution in [0, 0.1) is 11.8 Å². The molecule has 0 saturated carbocycles. The summed E-state index contributed by atoms with van der Waals surface area (Å²) < 4.78 is 41.2. The van der Waals surface area contributed by atoms with E-state index < -0.39 is 44.3 Å². The average Bonchev–Trinajstić information content (AvgIpc) is 2.63. The first kappa shape index (κ1) is 29.1. The zero-order valence-corrected chi connectivity index (χ0v) is 20.8. The van der Waals surface area contributed by atoms with E-state index in [2.05, 4.69) is 0 Å². The molecular formula is C19H29N2NaO7S. The molecule has 0 radical (unpaired) electrons. The maximum atomic E-state index is 12.8. The van der Waals surface area contributed by atoms with Crippen LogP contribution in [0.2, 0.25) is 0 Å². The van der Waals surface area contributed by atoms with Crippen LogP contribution in [0.1, 0.15) is 39.7 Å². The van der Waals surface area contributed by atoms with Gasteiger partial charge in [0.25, 0.3) is 0 Å². The Balaban J connectivity index is 0.00000841. The molecule has 0 spiro atoms. The quantitative estimate of drug-likeness (QED) is 0.193. The van der Waals surface area contributed by atoms with Gasteiger partial charge in [0.2, 0.25) is 4.93 Å². The Morgan fingerprint density at radius 3 is 2.07 bits per heavy atom. The molecule has 0 aliphatic rings. The molecule has 1 rings (SSSR count). The van der Waals surface area contributed by atoms with Crippen molar-refractivity contribution in [3.63, 3.8) is 0 Å². The molecule has 0 bridgehead atoms. The number of carbonyl (C=O) groups excluding carboxylic acids is 2. The van der Waals surface area contributed by atoms with Crippen LogP contribution in [0.25, 0.3) is 0 Å². The van der Waals surface area contributed by atoms with Gasteiger partial charge in [0, 0.05) is 0 Å². The Hall–Kier alpha value is -0.850. The van der Waals surface area contributed by atoms with Crippen LogP contribution in [0.3, 0.4) is 0 Å². The molecule has 0 amide bonds. The number of esters is 1. The zero-order valence-electron chi connectivity index (χ0n) is 18.0. The molecule has 30 heavy (non-hydrogen) atoms. The average molecular weight is 453 g/mol. The minimum Gasteiger partial charge on any atom is -0.745 e. The van der Waals surface area contributed by atoms with Gasteiger partial charge in [-0.15, -0.1) is 0 Å². The van der Waals surface area contributed by atoms with E-state index in [1.807, 2.05) is 0 Å². The van der Waals surface area contributed by atoms with Gasteiger partial charge in [0.1, 0.15) is 16.7 Å². The number of aliphatic hydroxyl groups is 1. The molecule has 1 aromatic carbocycles. The minimum absolute atomic E-state index is 0. The molecule has 2 unspecified atom stereocenters. The van der Waals surface area contributed by atoms with Crippen molar-refractivity contribution >= 4 is 21.9 Å². The monoisotopic (exact) mass is 452 g/mol. The van der Waals surface area contributed by atoms with Gasteiger partial charge in [-0.2, -0.15) is 0 Å². The largest absolute Gasteiger partial charge is 1.00 e. The van der Waals surface area contributed by atoms with E-state index in [1.54, 1.807) is 44.2 Å². The summed E-state index contributed by atoms with van der Waals surface area (Å²) in [4.78, 5) is 21.9. The Kier molecular flexibility index (Phi) is 10.8. The number of rotatable bonds is 10. The van der Waals surface area contributed by atoms with E-state index in [4.69, 9.17) is 16.2 Å². The summed E-state index contributed by atoms with van der Waals surface area (Å²) in [6.45, 7) is 5.71. The summed E-state index contributed by atoms with van der Waals surface area (Å²) in [6, 6.07) is 6.88. The van der Waals surface area contributed by atoms with Crippen molar-refractivity contribution < 1.29 is 62.0 Å². The summed E-state index contributed by atoms with van der Waals surface area (Å²) in [5.41, 5.74) is 9.44. The van der Waals surface area contributed by atoms with Gasteiger partial charge in [-0.25, -0.2) is 13.2 Å². The van der Waals surface area contributed by atoms with Crippen LogP contribution in [-0.4, -0.2) is 46.3 Å². The topological polar surface area (TPSA) is 173 Å². The number of ketones is 1. The van der Waals surface area contributed by atoms with Crippen LogP contribution >= 0.6 is 0 Å². The summed E-state index contributed by atoms with van der Waals surface area (Å²) in [7, 11) is -5.82. The van der Waals surface area contributed by atoms with Crippen LogP contribution in [0.5, 0.6) is 0 Å². The van der Waals surface area contributed by atoms with Crippen molar-refractivity contribution in [2.24, 2.45) is 23.3 Å². The smallest absolute Gasteiger partial charge is 0.745 e. The molecule has 9 nitrogen and oxygen atoms in total. The molecule has 0 fully saturated rings. The van der Waals surface area contributed by atoms with E-state index >= 15 is 0 Å². The van der Waals surface area contributed by atoms with E-state index in [0.29, 0.717) is 5.56 Å². The third kappa shape index (κ3) is 5.89. The molecule has 5 N–H and O–H groups in total. The number of benzene rings is 1. The third-order valence-electron chi connectivity index (χ3n) is 4.78. The molecule has 0 aliphatic heterocycles. The summed E-state index contributed by atoms with van der Waals surface area (Å²) >= 11 is 0. The number of hydrogen-bond donors (Lipinski definition) is 3. The summed E-state index contributed by atoms with van der Waals surface area (Å²) in [5.74, 6) is -4.24. The normalized spacial score (nSPS) is 16.9. The van der Waals surface area contributed by atoms with E-state index in [0.717, 1.165) is 0 Å². The predicted molar refractivity (Wildman–Crippen MR) is 105 cm³/mol. The van der Waals surface area contributed by atoms with E-state index in [1.165, 1.54) is 13.8 Å². The maximum Gasteiger partial charge on any atom is 1.00 e. The number of Topliss-reactive ketones (excluding diaryl/α,β-unsaturated/α-hetero) is 1. The second kappa shape index (κ2) is 11.1. The second-order valence-corrected chi connectivity index (χ2v) is 9.28. The Bertz CT molecular complexity index is 833. The molecular weight excluding hydrogens is 423 g/mol. The first-order valence-corrected chi connectivity index (χ1v) is 10.6. The van der Waals surface area contributed by atoms with Crippen molar-refractivity contribution in [1.29, 1.82) is 0 Å². The number of carbonyl (C=O) groups is 2. The van der Waals surface area contributed by atoms with Gasteiger partial charge in [0.15, 0.2) is 11.3 Å². The van der Waals surface area contributed by atoms with Gasteiger partial charge in [-0.3, -0.25) is 4.79 Å². The van der Waals surface area contributed by atoms with Gasteiger partial charge in [-0.05, 0) is 23.8 Å². The van der Waals surface area contributed by atoms with Gasteiger partial charge < -0.3 is 25.9 Å². The van der Waals surface area contributed by atoms with Gasteiger partial charge >= 0.3 is 35.5 Å². The fourth-order valence-electron chi connectivity index (χ4n) is 3.01. The zero-order chi connectivity index (χ0) is 22.6. The van der Waals surface area contributed by atoms with E-state index in [9.17, 15) is 27.7 Å². The first-order chi connectivity index (χ1) is 13.2. The van der Waals surface area contributed by atoms with Crippen molar-refractivity contribution in [1.82, 2.24) is 0 Å². The van der Waals surface area contributed by atoms with Crippen molar-refractivity contribution in [3.05, 3.63) is 35.9 Å². The van der Waals surface area contributed by atoms with Gasteiger partial charge in [-0.1, -0.05) is 58.0 Å². The van der Waals surface area contributed by atoms with Crippen LogP contribution in [0.4, 0.5) is 0 Å². The fourth-order valence-corrected chi connectivity index (χ4v) is 4.14. The second-order valence-electron chi connectivity index (χ2n) is 7.78. The molecule has 3 atom stereocenters. The molecule has 1 aromatic rings. The number of hydrogen-bond acceptors (Lipinski definition) is 9.